The standard InChI is InChI=1S/C23H20ClN3O6/c24-16-10-8-14(9-11-16)20(28)13-25(21(29)15-4-3-5-17(12-15)27(32)33)26-22(30)18-6-1-2-7-19(18)23(26)31/h3-5,8-12,18-19H,1-2,6-7,13H2/t18-,19-/m1/s1. The minimum atomic E-state index is -0.846. The monoisotopic (exact) mass is 469 g/mol. The van der Waals surface area contributed by atoms with E-state index in [1.54, 1.807) is 0 Å². The van der Waals surface area contributed by atoms with Gasteiger partial charge in [-0.1, -0.05) is 30.5 Å². The predicted octanol–water partition coefficient (Wildman–Crippen LogP) is 3.66. The van der Waals surface area contributed by atoms with Crippen molar-refractivity contribution in [2.24, 2.45) is 11.8 Å². The van der Waals surface area contributed by atoms with E-state index in [0.29, 0.717) is 17.9 Å². The summed E-state index contributed by atoms with van der Waals surface area (Å²) in [6, 6.07) is 10.9. The number of hydrogen-bond acceptors (Lipinski definition) is 6. The smallest absolute Gasteiger partial charge is 0.273 e. The molecule has 9 nitrogen and oxygen atoms in total. The van der Waals surface area contributed by atoms with Gasteiger partial charge < -0.3 is 0 Å². The Labute approximate surface area is 194 Å². The van der Waals surface area contributed by atoms with E-state index < -0.39 is 46.8 Å². The number of nitro benzene ring substituents is 1. The summed E-state index contributed by atoms with van der Waals surface area (Å²) in [5.74, 6) is -3.46. The molecule has 2 aromatic rings. The molecule has 1 aliphatic heterocycles. The number of hydrogen-bond donors (Lipinski definition) is 0. The fourth-order valence-electron chi connectivity index (χ4n) is 4.38. The van der Waals surface area contributed by atoms with Gasteiger partial charge in [0.15, 0.2) is 5.78 Å². The number of imide groups is 1. The quantitative estimate of drug-likeness (QED) is 0.276. The van der Waals surface area contributed by atoms with Crippen LogP contribution in [0.1, 0.15) is 46.4 Å². The first-order valence-electron chi connectivity index (χ1n) is 10.5. The maximum atomic E-state index is 13.4. The van der Waals surface area contributed by atoms with Crippen molar-refractivity contribution in [2.75, 3.05) is 6.54 Å². The summed E-state index contributed by atoms with van der Waals surface area (Å²) in [5, 5.41) is 13.2. The average molecular weight is 470 g/mol. The molecule has 10 heteroatoms. The van der Waals surface area contributed by atoms with Crippen LogP contribution in [0.5, 0.6) is 0 Å². The summed E-state index contributed by atoms with van der Waals surface area (Å²) in [6.07, 6.45) is 2.68. The van der Waals surface area contributed by atoms with E-state index in [1.807, 2.05) is 0 Å². The number of non-ortho nitro benzene ring substituents is 1. The minimum absolute atomic E-state index is 0.108. The van der Waals surface area contributed by atoms with Gasteiger partial charge in [0.25, 0.3) is 23.4 Å². The largest absolute Gasteiger partial charge is 0.292 e. The van der Waals surface area contributed by atoms with Crippen LogP contribution in [0.25, 0.3) is 0 Å². The van der Waals surface area contributed by atoms with Crippen molar-refractivity contribution in [3.63, 3.8) is 0 Å². The SMILES string of the molecule is O=C(CN(C(=O)c1cccc([N+](=O)[O-])c1)N1C(=O)[C@@H]2CCCC[C@H]2C1=O)c1ccc(Cl)cc1. The highest BCUT2D eigenvalue weighted by atomic mass is 35.5. The van der Waals surface area contributed by atoms with Gasteiger partial charge in [0.05, 0.1) is 16.8 Å². The summed E-state index contributed by atoms with van der Waals surface area (Å²) in [5.41, 5.74) is -0.186. The third kappa shape index (κ3) is 4.36. The molecule has 4 rings (SSSR count). The first kappa shape index (κ1) is 22.6. The molecule has 0 unspecified atom stereocenters. The first-order chi connectivity index (χ1) is 15.8. The van der Waals surface area contributed by atoms with Crippen LogP contribution in [0.3, 0.4) is 0 Å². The molecule has 1 saturated carbocycles. The fraction of sp³-hybridized carbons (Fsp3) is 0.304. The molecular formula is C23H20ClN3O6. The van der Waals surface area contributed by atoms with Crippen molar-refractivity contribution in [2.45, 2.75) is 25.7 Å². The van der Waals surface area contributed by atoms with Crippen LogP contribution in [0.4, 0.5) is 5.69 Å². The number of carbonyl (C=O) groups excluding carboxylic acids is 4. The zero-order valence-electron chi connectivity index (χ0n) is 17.5. The molecule has 33 heavy (non-hydrogen) atoms. The third-order valence-electron chi connectivity index (χ3n) is 6.06. The van der Waals surface area contributed by atoms with Gasteiger partial charge in [-0.3, -0.25) is 29.3 Å². The molecule has 0 aromatic heterocycles. The molecule has 1 aliphatic carbocycles. The Morgan fingerprint density at radius 3 is 2.18 bits per heavy atom. The number of fused-ring (bicyclic) bond motifs is 1. The number of benzene rings is 2. The van der Waals surface area contributed by atoms with Crippen LogP contribution in [-0.2, 0) is 9.59 Å². The Hall–Kier alpha value is -3.59. The normalized spacial score (nSPS) is 19.8. The Balaban J connectivity index is 1.71. The average Bonchev–Trinajstić information content (AvgIpc) is 3.07. The summed E-state index contributed by atoms with van der Waals surface area (Å²) in [7, 11) is 0. The lowest BCUT2D eigenvalue weighted by molar-refractivity contribution is -0.384. The lowest BCUT2D eigenvalue weighted by Crippen LogP contribution is -2.52. The second-order valence-electron chi connectivity index (χ2n) is 8.09. The maximum absolute atomic E-state index is 13.4. The van der Waals surface area contributed by atoms with Gasteiger partial charge in [-0.15, -0.1) is 0 Å². The number of rotatable bonds is 6. The summed E-state index contributed by atoms with van der Waals surface area (Å²) < 4.78 is 0. The van der Waals surface area contributed by atoms with Crippen LogP contribution in [0, 0.1) is 22.0 Å². The number of hydrazine groups is 1. The number of ketones is 1. The van der Waals surface area contributed by atoms with Crippen molar-refractivity contribution in [3.8, 4) is 0 Å². The van der Waals surface area contributed by atoms with E-state index >= 15 is 0 Å². The van der Waals surface area contributed by atoms with Gasteiger partial charge >= 0.3 is 0 Å². The molecule has 0 bridgehead atoms. The number of amides is 3. The molecule has 1 heterocycles. The fourth-order valence-corrected chi connectivity index (χ4v) is 4.51. The van der Waals surface area contributed by atoms with Crippen molar-refractivity contribution in [1.29, 1.82) is 0 Å². The second kappa shape index (κ2) is 9.11. The van der Waals surface area contributed by atoms with E-state index in [1.165, 1.54) is 42.5 Å². The number of carbonyl (C=O) groups is 4. The Morgan fingerprint density at radius 1 is 1.00 bits per heavy atom. The lowest BCUT2D eigenvalue weighted by atomic mass is 9.81. The Bertz CT molecular complexity index is 1130. The summed E-state index contributed by atoms with van der Waals surface area (Å²) in [4.78, 5) is 63.2. The van der Waals surface area contributed by atoms with E-state index in [-0.39, 0.29) is 16.8 Å². The first-order valence-corrected chi connectivity index (χ1v) is 10.9. The molecule has 2 fully saturated rings. The number of Topliss-reactive ketones (excluding diaryl/α,β-unsaturated/α-hetero) is 1. The van der Waals surface area contributed by atoms with Crippen LogP contribution in [-0.4, -0.2) is 45.0 Å². The molecule has 0 N–H and O–H groups in total. The van der Waals surface area contributed by atoms with Gasteiger partial charge in [0, 0.05) is 28.3 Å². The second-order valence-corrected chi connectivity index (χ2v) is 8.52. The van der Waals surface area contributed by atoms with Gasteiger partial charge in [0.1, 0.15) is 6.54 Å². The van der Waals surface area contributed by atoms with Gasteiger partial charge in [-0.25, -0.2) is 5.01 Å². The number of halogens is 1. The highest BCUT2D eigenvalue weighted by Crippen LogP contribution is 2.39. The highest BCUT2D eigenvalue weighted by Gasteiger charge is 2.51. The summed E-state index contributed by atoms with van der Waals surface area (Å²) in [6.45, 7) is -0.583. The zero-order valence-corrected chi connectivity index (χ0v) is 18.2. The molecule has 0 spiro atoms. The molecular weight excluding hydrogens is 450 g/mol. The number of nitrogens with zero attached hydrogens (tertiary/aromatic N) is 3. The van der Waals surface area contributed by atoms with Gasteiger partial charge in [-0.05, 0) is 43.2 Å². The van der Waals surface area contributed by atoms with Crippen molar-refractivity contribution < 1.29 is 24.1 Å². The van der Waals surface area contributed by atoms with Crippen LogP contribution in [0.15, 0.2) is 48.5 Å². The van der Waals surface area contributed by atoms with Crippen LogP contribution in [0.2, 0.25) is 5.02 Å². The zero-order chi connectivity index (χ0) is 23.7. The lowest BCUT2D eigenvalue weighted by Gasteiger charge is -2.30. The van der Waals surface area contributed by atoms with Gasteiger partial charge in [0.2, 0.25) is 0 Å². The molecule has 2 aliphatic rings. The molecule has 2 aromatic carbocycles. The molecule has 3 amide bonds. The van der Waals surface area contributed by atoms with Crippen molar-refractivity contribution >= 4 is 40.8 Å². The van der Waals surface area contributed by atoms with E-state index in [4.69, 9.17) is 11.6 Å². The third-order valence-corrected chi connectivity index (χ3v) is 6.31. The summed E-state index contributed by atoms with van der Waals surface area (Å²) >= 11 is 5.88. The van der Waals surface area contributed by atoms with E-state index in [0.717, 1.165) is 28.9 Å². The Kier molecular flexibility index (Phi) is 6.24. The van der Waals surface area contributed by atoms with Gasteiger partial charge in [-0.2, -0.15) is 5.01 Å². The molecule has 170 valence electrons. The maximum Gasteiger partial charge on any atom is 0.273 e. The molecule has 1 saturated heterocycles. The number of nitro groups is 1. The highest BCUT2D eigenvalue weighted by molar-refractivity contribution is 6.30. The van der Waals surface area contributed by atoms with E-state index in [2.05, 4.69) is 0 Å². The molecule has 0 radical (unpaired) electrons. The topological polar surface area (TPSA) is 118 Å². The minimum Gasteiger partial charge on any atom is -0.292 e. The molecule has 2 atom stereocenters. The van der Waals surface area contributed by atoms with Crippen LogP contribution >= 0.6 is 11.6 Å². The van der Waals surface area contributed by atoms with Crippen LogP contribution < -0.4 is 0 Å². The Morgan fingerprint density at radius 2 is 1.61 bits per heavy atom. The van der Waals surface area contributed by atoms with E-state index in [9.17, 15) is 29.3 Å². The van der Waals surface area contributed by atoms with Crippen molar-refractivity contribution in [1.82, 2.24) is 10.0 Å². The van der Waals surface area contributed by atoms with Crippen molar-refractivity contribution in [3.05, 3.63) is 74.8 Å². The predicted molar refractivity (Wildman–Crippen MR) is 117 cm³/mol.